The van der Waals surface area contributed by atoms with Gasteiger partial charge >= 0.3 is 5.63 Å². The molecule has 1 amide bonds. The second-order valence-corrected chi connectivity index (χ2v) is 5.77. The summed E-state index contributed by atoms with van der Waals surface area (Å²) in [5, 5.41) is 4.27. The molecule has 4 rings (SSSR count). The molecule has 2 aromatic heterocycles. The number of hydrogen-bond donors (Lipinski definition) is 1. The minimum Gasteiger partial charge on any atom is -0.421 e. The first-order valence-corrected chi connectivity index (χ1v) is 7.81. The molecule has 2 aromatic carbocycles. The van der Waals surface area contributed by atoms with Gasteiger partial charge in [-0.15, -0.1) is 0 Å². The van der Waals surface area contributed by atoms with E-state index in [9.17, 15) is 9.59 Å². The minimum absolute atomic E-state index is 0.143. The Morgan fingerprint density at radius 1 is 1.08 bits per heavy atom. The van der Waals surface area contributed by atoms with Gasteiger partial charge in [0.15, 0.2) is 0 Å². The maximum atomic E-state index is 12.5. The number of benzene rings is 2. The third kappa shape index (κ3) is 2.76. The second-order valence-electron chi connectivity index (χ2n) is 5.77. The first-order valence-electron chi connectivity index (χ1n) is 7.81. The van der Waals surface area contributed by atoms with Crippen molar-refractivity contribution in [3.63, 3.8) is 0 Å². The number of carbonyl (C=O) groups is 1. The second kappa shape index (κ2) is 5.87. The maximum Gasteiger partial charge on any atom is 0.344 e. The largest absolute Gasteiger partial charge is 0.421 e. The average Bonchev–Trinajstić information content (AvgIpc) is 2.61. The molecule has 0 atom stereocenters. The Labute approximate surface area is 142 Å². The molecule has 2 heterocycles. The van der Waals surface area contributed by atoms with Crippen LogP contribution in [0.3, 0.4) is 0 Å². The number of carbonyl (C=O) groups excluding carboxylic acids is 1. The number of rotatable bonds is 2. The van der Waals surface area contributed by atoms with Crippen molar-refractivity contribution in [1.82, 2.24) is 4.98 Å². The van der Waals surface area contributed by atoms with Gasteiger partial charge in [0.1, 0.15) is 5.58 Å². The number of pyridine rings is 1. The Balaban J connectivity index is 1.85. The van der Waals surface area contributed by atoms with Crippen molar-refractivity contribution in [2.75, 3.05) is 5.32 Å². The van der Waals surface area contributed by atoms with Crippen LogP contribution >= 0.6 is 0 Å². The summed E-state index contributed by atoms with van der Waals surface area (Å²) in [6.07, 6.45) is 1.70. The zero-order chi connectivity index (χ0) is 17.4. The van der Waals surface area contributed by atoms with Crippen molar-refractivity contribution < 1.29 is 9.21 Å². The van der Waals surface area contributed by atoms with Crippen LogP contribution in [0.2, 0.25) is 0 Å². The smallest absolute Gasteiger partial charge is 0.344 e. The molecule has 5 nitrogen and oxygen atoms in total. The summed E-state index contributed by atoms with van der Waals surface area (Å²) in [5.41, 5.74) is 2.77. The van der Waals surface area contributed by atoms with Crippen molar-refractivity contribution in [1.29, 1.82) is 0 Å². The maximum absolute atomic E-state index is 12.5. The molecule has 1 N–H and O–H groups in total. The number of nitrogens with one attached hydrogen (secondary N) is 1. The number of anilines is 1. The Morgan fingerprint density at radius 3 is 2.60 bits per heavy atom. The van der Waals surface area contributed by atoms with Crippen LogP contribution in [0, 0.1) is 0 Å². The Morgan fingerprint density at radius 2 is 1.84 bits per heavy atom. The minimum atomic E-state index is -0.406. The van der Waals surface area contributed by atoms with Crippen LogP contribution < -0.4 is 10.9 Å². The molecule has 0 aliphatic carbocycles. The lowest BCUT2D eigenvalue weighted by Gasteiger charge is -2.06. The van der Waals surface area contributed by atoms with Gasteiger partial charge in [-0.05, 0) is 35.9 Å². The average molecular weight is 330 g/mol. The summed E-state index contributed by atoms with van der Waals surface area (Å²) in [4.78, 5) is 28.0. The molecule has 122 valence electrons. The van der Waals surface area contributed by atoms with Gasteiger partial charge in [-0.1, -0.05) is 24.3 Å². The number of fused-ring (bicyclic) bond motifs is 3. The van der Waals surface area contributed by atoms with Gasteiger partial charge in [0.05, 0.1) is 11.1 Å². The summed E-state index contributed by atoms with van der Waals surface area (Å²) >= 11 is 0. The lowest BCUT2D eigenvalue weighted by atomic mass is 10.1. The number of hydrogen-bond acceptors (Lipinski definition) is 4. The molecule has 5 heteroatoms. The highest BCUT2D eigenvalue weighted by Gasteiger charge is 2.11. The predicted octanol–water partition coefficient (Wildman–Crippen LogP) is 3.97. The number of aromatic nitrogens is 1. The SMILES string of the molecule is CC(=O)Nc1ccc(-c2cc3cnc4ccccc4c3oc2=O)cc1. The third-order valence-corrected chi connectivity index (χ3v) is 3.98. The van der Waals surface area contributed by atoms with E-state index >= 15 is 0 Å². The Hall–Kier alpha value is -3.47. The molecule has 0 aliphatic rings. The monoisotopic (exact) mass is 330 g/mol. The van der Waals surface area contributed by atoms with Gasteiger partial charge in [0, 0.05) is 29.6 Å². The topological polar surface area (TPSA) is 72.2 Å². The molecule has 0 saturated carbocycles. The van der Waals surface area contributed by atoms with E-state index in [1.165, 1.54) is 6.92 Å². The van der Waals surface area contributed by atoms with E-state index in [2.05, 4.69) is 10.3 Å². The fourth-order valence-corrected chi connectivity index (χ4v) is 2.85. The van der Waals surface area contributed by atoms with Gasteiger partial charge in [0.25, 0.3) is 0 Å². The van der Waals surface area contributed by atoms with Crippen molar-refractivity contribution in [3.05, 3.63) is 71.2 Å². The molecule has 4 aromatic rings. The molecular formula is C20H14N2O3. The molecular weight excluding hydrogens is 316 g/mol. The van der Waals surface area contributed by atoms with E-state index in [-0.39, 0.29) is 5.91 Å². The fourth-order valence-electron chi connectivity index (χ4n) is 2.85. The van der Waals surface area contributed by atoms with Gasteiger partial charge in [0.2, 0.25) is 5.91 Å². The van der Waals surface area contributed by atoms with E-state index in [0.29, 0.717) is 16.8 Å². The van der Waals surface area contributed by atoms with E-state index in [1.54, 1.807) is 36.5 Å². The van der Waals surface area contributed by atoms with Crippen molar-refractivity contribution in [3.8, 4) is 11.1 Å². The van der Waals surface area contributed by atoms with E-state index in [4.69, 9.17) is 4.42 Å². The van der Waals surface area contributed by atoms with Crippen LogP contribution in [-0.4, -0.2) is 10.9 Å². The predicted molar refractivity (Wildman–Crippen MR) is 97.5 cm³/mol. The molecule has 0 spiro atoms. The molecule has 0 unspecified atom stereocenters. The van der Waals surface area contributed by atoms with Crippen molar-refractivity contribution >= 4 is 33.5 Å². The summed E-state index contributed by atoms with van der Waals surface area (Å²) < 4.78 is 5.59. The zero-order valence-electron chi connectivity index (χ0n) is 13.4. The first kappa shape index (κ1) is 15.1. The normalized spacial score (nSPS) is 10.9. The van der Waals surface area contributed by atoms with Crippen LogP contribution in [0.1, 0.15) is 6.92 Å². The highest BCUT2D eigenvalue weighted by Crippen LogP contribution is 2.26. The Kier molecular flexibility index (Phi) is 3.54. The highest BCUT2D eigenvalue weighted by atomic mass is 16.4. The first-order chi connectivity index (χ1) is 12.1. The quantitative estimate of drug-likeness (QED) is 0.565. The molecule has 25 heavy (non-hydrogen) atoms. The number of amides is 1. The van der Waals surface area contributed by atoms with Gasteiger partial charge in [-0.25, -0.2) is 4.79 Å². The summed E-state index contributed by atoms with van der Waals surface area (Å²) in [7, 11) is 0. The van der Waals surface area contributed by atoms with Crippen LogP contribution in [0.25, 0.3) is 33.0 Å². The van der Waals surface area contributed by atoms with Crippen molar-refractivity contribution in [2.24, 2.45) is 0 Å². The highest BCUT2D eigenvalue weighted by molar-refractivity contribution is 6.02. The van der Waals surface area contributed by atoms with Crippen LogP contribution in [0.4, 0.5) is 5.69 Å². The van der Waals surface area contributed by atoms with Crippen LogP contribution in [0.15, 0.2) is 70.0 Å². The van der Waals surface area contributed by atoms with E-state index in [1.807, 2.05) is 24.3 Å². The number of nitrogens with zero attached hydrogens (tertiary/aromatic N) is 1. The summed E-state index contributed by atoms with van der Waals surface area (Å²) in [6.45, 7) is 1.45. The molecule has 0 fully saturated rings. The number of para-hydroxylation sites is 1. The summed E-state index contributed by atoms with van der Waals surface area (Å²) in [5.74, 6) is -0.143. The van der Waals surface area contributed by atoms with Gasteiger partial charge in [-0.3, -0.25) is 9.78 Å². The van der Waals surface area contributed by atoms with Gasteiger partial charge < -0.3 is 9.73 Å². The summed E-state index contributed by atoms with van der Waals surface area (Å²) in [6, 6.07) is 16.4. The van der Waals surface area contributed by atoms with Gasteiger partial charge in [-0.2, -0.15) is 0 Å². The van der Waals surface area contributed by atoms with Crippen LogP contribution in [-0.2, 0) is 4.79 Å². The lowest BCUT2D eigenvalue weighted by molar-refractivity contribution is -0.114. The van der Waals surface area contributed by atoms with Crippen molar-refractivity contribution in [2.45, 2.75) is 6.92 Å². The third-order valence-electron chi connectivity index (χ3n) is 3.98. The zero-order valence-corrected chi connectivity index (χ0v) is 13.4. The molecule has 0 saturated heterocycles. The molecule has 0 aliphatic heterocycles. The lowest BCUT2D eigenvalue weighted by Crippen LogP contribution is -2.06. The standard InChI is InChI=1S/C20H14N2O3/c1-12(23)22-15-8-6-13(7-9-15)17-10-14-11-21-18-5-3-2-4-16(18)19(14)25-20(17)24/h2-11H,1H3,(H,22,23). The molecule has 0 radical (unpaired) electrons. The van der Waals surface area contributed by atoms with E-state index in [0.717, 1.165) is 21.9 Å². The Bertz CT molecular complexity index is 1160. The fraction of sp³-hybridized carbons (Fsp3) is 0.0500. The van der Waals surface area contributed by atoms with Crippen LogP contribution in [0.5, 0.6) is 0 Å². The molecule has 0 bridgehead atoms. The van der Waals surface area contributed by atoms with E-state index < -0.39 is 5.63 Å².